The van der Waals surface area contributed by atoms with Crippen LogP contribution < -0.4 is 9.47 Å². The highest BCUT2D eigenvalue weighted by Crippen LogP contribution is 2.26. The zero-order chi connectivity index (χ0) is 10.7. The van der Waals surface area contributed by atoms with Gasteiger partial charge in [0.05, 0.1) is 6.20 Å². The molecule has 78 valence electrons. The topological polar surface area (TPSA) is 81.5 Å². The molecule has 0 bridgehead atoms. The Hall–Kier alpha value is -2.11. The molecule has 0 saturated heterocycles. The smallest absolute Gasteiger partial charge is 0.328 e. The second kappa shape index (κ2) is 3.95. The quantitative estimate of drug-likeness (QED) is 0.706. The van der Waals surface area contributed by atoms with Gasteiger partial charge >= 0.3 is 5.97 Å². The van der Waals surface area contributed by atoms with Crippen LogP contribution in [0.25, 0.3) is 6.08 Å². The molecule has 1 aromatic heterocycles. The Balaban J connectivity index is 2.24. The van der Waals surface area contributed by atoms with Gasteiger partial charge in [-0.15, -0.1) is 0 Å². The van der Waals surface area contributed by atoms with Gasteiger partial charge in [-0.05, 0) is 6.08 Å². The summed E-state index contributed by atoms with van der Waals surface area (Å²) in [6, 6.07) is 0. The normalized spacial score (nSPS) is 14.1. The molecule has 0 atom stereocenters. The predicted molar refractivity (Wildman–Crippen MR) is 49.7 cm³/mol. The number of ether oxygens (including phenoxy) is 2. The Morgan fingerprint density at radius 1 is 1.47 bits per heavy atom. The maximum Gasteiger partial charge on any atom is 0.328 e. The van der Waals surface area contributed by atoms with Gasteiger partial charge in [0.25, 0.3) is 5.88 Å². The first kappa shape index (κ1) is 9.45. The van der Waals surface area contributed by atoms with Crippen molar-refractivity contribution in [2.45, 2.75) is 0 Å². The summed E-state index contributed by atoms with van der Waals surface area (Å²) in [5, 5.41) is 8.41. The number of carboxylic acids is 1. The Bertz CT molecular complexity index is 417. The van der Waals surface area contributed by atoms with Gasteiger partial charge in [0.1, 0.15) is 13.2 Å². The fourth-order valence-electron chi connectivity index (χ4n) is 1.09. The van der Waals surface area contributed by atoms with Crippen molar-refractivity contribution in [2.24, 2.45) is 0 Å². The van der Waals surface area contributed by atoms with Crippen molar-refractivity contribution in [1.82, 2.24) is 9.97 Å². The van der Waals surface area contributed by atoms with E-state index < -0.39 is 5.97 Å². The summed E-state index contributed by atoms with van der Waals surface area (Å²) in [6.45, 7) is 0.909. The lowest BCUT2D eigenvalue weighted by Crippen LogP contribution is -2.16. The van der Waals surface area contributed by atoms with Crippen LogP contribution in [0.2, 0.25) is 0 Å². The van der Waals surface area contributed by atoms with E-state index in [1.165, 1.54) is 12.3 Å². The van der Waals surface area contributed by atoms with E-state index >= 15 is 0 Å². The number of rotatable bonds is 2. The van der Waals surface area contributed by atoms with Gasteiger partial charge in [-0.25, -0.2) is 9.78 Å². The molecule has 1 aromatic rings. The molecular formula is C9H8N2O4. The van der Waals surface area contributed by atoms with Gasteiger partial charge in [0.15, 0.2) is 11.6 Å². The van der Waals surface area contributed by atoms with Crippen molar-refractivity contribution >= 4 is 12.0 Å². The molecule has 0 spiro atoms. The molecule has 15 heavy (non-hydrogen) atoms. The minimum absolute atomic E-state index is 0.279. The molecule has 2 rings (SSSR count). The van der Waals surface area contributed by atoms with Crippen LogP contribution in [-0.2, 0) is 4.79 Å². The molecule has 1 aliphatic heterocycles. The second-order valence-electron chi connectivity index (χ2n) is 2.77. The SMILES string of the molecule is O=C(O)/C=C/c1ncc2c(n1)OCCO2. The van der Waals surface area contributed by atoms with Crippen molar-refractivity contribution in [3.63, 3.8) is 0 Å². The van der Waals surface area contributed by atoms with E-state index in [4.69, 9.17) is 14.6 Å². The largest absolute Gasteiger partial charge is 0.483 e. The lowest BCUT2D eigenvalue weighted by Gasteiger charge is -2.16. The molecule has 0 unspecified atom stereocenters. The van der Waals surface area contributed by atoms with Crippen LogP contribution in [0.15, 0.2) is 12.3 Å². The summed E-state index contributed by atoms with van der Waals surface area (Å²) >= 11 is 0. The zero-order valence-electron chi connectivity index (χ0n) is 7.71. The highest BCUT2D eigenvalue weighted by Gasteiger charge is 2.13. The predicted octanol–water partition coefficient (Wildman–Crippen LogP) is 0.346. The van der Waals surface area contributed by atoms with Crippen LogP contribution in [-0.4, -0.2) is 34.3 Å². The number of hydrogen-bond donors (Lipinski definition) is 1. The van der Waals surface area contributed by atoms with Crippen molar-refractivity contribution in [1.29, 1.82) is 0 Å². The number of carboxylic acid groups (broad SMARTS) is 1. The third-order valence-corrected chi connectivity index (χ3v) is 1.70. The number of nitrogens with zero attached hydrogens (tertiary/aromatic N) is 2. The minimum atomic E-state index is -1.05. The summed E-state index contributed by atoms with van der Waals surface area (Å²) < 4.78 is 10.4. The average molecular weight is 208 g/mol. The van der Waals surface area contributed by atoms with Crippen LogP contribution in [0.5, 0.6) is 11.6 Å². The molecule has 0 amide bonds. The van der Waals surface area contributed by atoms with Gasteiger partial charge < -0.3 is 14.6 Å². The Kier molecular flexibility index (Phi) is 2.49. The molecule has 1 N–H and O–H groups in total. The second-order valence-corrected chi connectivity index (χ2v) is 2.77. The molecular weight excluding hydrogens is 200 g/mol. The summed E-state index contributed by atoms with van der Waals surface area (Å²) in [5.41, 5.74) is 0. The number of carbonyl (C=O) groups is 1. The Morgan fingerprint density at radius 2 is 2.27 bits per heavy atom. The lowest BCUT2D eigenvalue weighted by molar-refractivity contribution is -0.131. The first-order valence-corrected chi connectivity index (χ1v) is 4.29. The van der Waals surface area contributed by atoms with E-state index in [0.717, 1.165) is 6.08 Å². The molecule has 1 aliphatic rings. The maximum atomic E-state index is 10.3. The molecule has 0 fully saturated rings. The van der Waals surface area contributed by atoms with E-state index in [1.807, 2.05) is 0 Å². The van der Waals surface area contributed by atoms with E-state index in [0.29, 0.717) is 24.8 Å². The standard InChI is InChI=1S/C9H8N2O4/c12-8(13)2-1-7-10-5-6-9(11-7)15-4-3-14-6/h1-2,5H,3-4H2,(H,12,13)/b2-1+. The van der Waals surface area contributed by atoms with Crippen molar-refractivity contribution in [3.05, 3.63) is 18.1 Å². The van der Waals surface area contributed by atoms with Gasteiger partial charge in [-0.2, -0.15) is 4.98 Å². The van der Waals surface area contributed by atoms with Crippen LogP contribution in [0.3, 0.4) is 0 Å². The van der Waals surface area contributed by atoms with E-state index in [1.54, 1.807) is 0 Å². The zero-order valence-corrected chi connectivity index (χ0v) is 7.71. The number of aliphatic carboxylic acids is 1. The highest BCUT2D eigenvalue weighted by molar-refractivity contribution is 5.84. The van der Waals surface area contributed by atoms with Crippen molar-refractivity contribution < 1.29 is 19.4 Å². The maximum absolute atomic E-state index is 10.3. The van der Waals surface area contributed by atoms with Crippen LogP contribution >= 0.6 is 0 Å². The molecule has 2 heterocycles. The molecule has 6 heteroatoms. The fraction of sp³-hybridized carbons (Fsp3) is 0.222. The number of hydrogen-bond acceptors (Lipinski definition) is 5. The third kappa shape index (κ3) is 2.22. The lowest BCUT2D eigenvalue weighted by atomic mass is 10.4. The molecule has 0 aromatic carbocycles. The Labute approximate surface area is 85.2 Å². The fourth-order valence-corrected chi connectivity index (χ4v) is 1.09. The molecule has 0 saturated carbocycles. The van der Waals surface area contributed by atoms with E-state index in [-0.39, 0.29) is 5.82 Å². The summed E-state index contributed by atoms with van der Waals surface area (Å²) in [5.74, 6) is 0.0603. The minimum Gasteiger partial charge on any atom is -0.483 e. The highest BCUT2D eigenvalue weighted by atomic mass is 16.6. The van der Waals surface area contributed by atoms with Crippen LogP contribution in [0.4, 0.5) is 0 Å². The number of aromatic nitrogens is 2. The summed E-state index contributed by atoms with van der Waals surface area (Å²) in [6.07, 6.45) is 3.72. The Morgan fingerprint density at radius 3 is 3.07 bits per heavy atom. The van der Waals surface area contributed by atoms with Crippen LogP contribution in [0, 0.1) is 0 Å². The monoisotopic (exact) mass is 208 g/mol. The molecule has 0 aliphatic carbocycles. The van der Waals surface area contributed by atoms with Gasteiger partial charge in [-0.1, -0.05) is 0 Å². The average Bonchev–Trinajstić information content (AvgIpc) is 2.26. The summed E-state index contributed by atoms with van der Waals surface area (Å²) in [4.78, 5) is 18.1. The molecule has 0 radical (unpaired) electrons. The van der Waals surface area contributed by atoms with Crippen molar-refractivity contribution in [2.75, 3.05) is 13.2 Å². The van der Waals surface area contributed by atoms with Crippen molar-refractivity contribution in [3.8, 4) is 11.6 Å². The first-order valence-electron chi connectivity index (χ1n) is 4.29. The van der Waals surface area contributed by atoms with Gasteiger partial charge in [0.2, 0.25) is 0 Å². The van der Waals surface area contributed by atoms with E-state index in [9.17, 15) is 4.79 Å². The third-order valence-electron chi connectivity index (χ3n) is 1.70. The summed E-state index contributed by atoms with van der Waals surface area (Å²) in [7, 11) is 0. The molecule has 6 nitrogen and oxygen atoms in total. The van der Waals surface area contributed by atoms with Crippen LogP contribution in [0.1, 0.15) is 5.82 Å². The van der Waals surface area contributed by atoms with Gasteiger partial charge in [-0.3, -0.25) is 0 Å². The number of fused-ring (bicyclic) bond motifs is 1. The first-order chi connectivity index (χ1) is 7.25. The van der Waals surface area contributed by atoms with Gasteiger partial charge in [0, 0.05) is 6.08 Å². The van der Waals surface area contributed by atoms with E-state index in [2.05, 4.69) is 9.97 Å².